The Bertz CT molecular complexity index is 345. The summed E-state index contributed by atoms with van der Waals surface area (Å²) >= 11 is 0. The molecule has 0 amide bonds. The van der Waals surface area contributed by atoms with Crippen LogP contribution in [0.4, 0.5) is 0 Å². The molecule has 0 saturated heterocycles. The SMILES string of the molecule is CC(C)(CCOC(C)(N)CCN)OCCOC/C(=C/N)N=N. The number of hydrogen-bond acceptors (Lipinski definition) is 8. The number of nitrogens with two attached hydrogens (primary N) is 3. The van der Waals surface area contributed by atoms with Gasteiger partial charge >= 0.3 is 0 Å². The van der Waals surface area contributed by atoms with E-state index in [0.717, 1.165) is 0 Å². The van der Waals surface area contributed by atoms with Gasteiger partial charge in [-0.1, -0.05) is 0 Å². The largest absolute Gasteiger partial charge is 0.403 e. The van der Waals surface area contributed by atoms with Crippen molar-refractivity contribution in [3.8, 4) is 0 Å². The van der Waals surface area contributed by atoms with Gasteiger partial charge in [-0.15, -0.1) is 0 Å². The molecular formula is C14H31N5O3. The van der Waals surface area contributed by atoms with Crippen LogP contribution in [0.25, 0.3) is 0 Å². The van der Waals surface area contributed by atoms with Crippen molar-refractivity contribution in [2.75, 3.05) is 33.0 Å². The van der Waals surface area contributed by atoms with Gasteiger partial charge in [0.05, 0.1) is 32.0 Å². The predicted molar refractivity (Wildman–Crippen MR) is 85.1 cm³/mol. The van der Waals surface area contributed by atoms with Crippen molar-refractivity contribution < 1.29 is 14.2 Å². The molecule has 0 radical (unpaired) electrons. The molecular weight excluding hydrogens is 286 g/mol. The average molecular weight is 317 g/mol. The molecule has 0 heterocycles. The molecule has 8 heteroatoms. The normalized spacial score (nSPS) is 15.6. The Kier molecular flexibility index (Phi) is 10.1. The van der Waals surface area contributed by atoms with Crippen molar-refractivity contribution >= 4 is 0 Å². The Morgan fingerprint density at radius 2 is 1.82 bits per heavy atom. The van der Waals surface area contributed by atoms with E-state index >= 15 is 0 Å². The van der Waals surface area contributed by atoms with Gasteiger partial charge in [0, 0.05) is 12.6 Å². The van der Waals surface area contributed by atoms with Crippen LogP contribution in [0.2, 0.25) is 0 Å². The minimum absolute atomic E-state index is 0.206. The van der Waals surface area contributed by atoms with E-state index in [1.165, 1.54) is 6.20 Å². The van der Waals surface area contributed by atoms with Crippen LogP contribution in [0.3, 0.4) is 0 Å². The molecule has 8 nitrogen and oxygen atoms in total. The summed E-state index contributed by atoms with van der Waals surface area (Å²) in [6, 6.07) is 0. The molecule has 1 unspecified atom stereocenters. The molecule has 22 heavy (non-hydrogen) atoms. The molecule has 0 aliphatic rings. The highest BCUT2D eigenvalue weighted by molar-refractivity contribution is 4.95. The second-order valence-corrected chi connectivity index (χ2v) is 5.88. The molecule has 7 N–H and O–H groups in total. The van der Waals surface area contributed by atoms with Crippen LogP contribution in [-0.4, -0.2) is 44.3 Å². The third kappa shape index (κ3) is 10.6. The molecule has 130 valence electrons. The maximum Gasteiger partial charge on any atom is 0.115 e. The number of nitrogens with one attached hydrogen (secondary N) is 1. The molecule has 0 saturated carbocycles. The van der Waals surface area contributed by atoms with Crippen molar-refractivity contribution in [3.63, 3.8) is 0 Å². The lowest BCUT2D eigenvalue weighted by molar-refractivity contribution is -0.0865. The van der Waals surface area contributed by atoms with Crippen molar-refractivity contribution in [3.05, 3.63) is 11.9 Å². The average Bonchev–Trinajstić information content (AvgIpc) is 2.42. The highest BCUT2D eigenvalue weighted by atomic mass is 16.5. The number of hydrogen-bond donors (Lipinski definition) is 4. The standard InChI is InChI=1S/C14H31N5O3/c1-13(2,5-7-22-14(3,17)4-6-15)21-9-8-20-11-12(10-16)19-18/h10,18H,4-9,11,15-17H2,1-3H3/b12-10-,19-18?. The maximum absolute atomic E-state index is 6.83. The molecule has 0 aromatic carbocycles. The van der Waals surface area contributed by atoms with Crippen molar-refractivity contribution in [2.24, 2.45) is 22.3 Å². The topological polar surface area (TPSA) is 142 Å². The van der Waals surface area contributed by atoms with Gasteiger partial charge in [-0.2, -0.15) is 5.11 Å². The second-order valence-electron chi connectivity index (χ2n) is 5.88. The number of ether oxygens (including phenoxy) is 3. The van der Waals surface area contributed by atoms with Gasteiger partial charge < -0.3 is 31.4 Å². The fourth-order valence-corrected chi connectivity index (χ4v) is 1.63. The maximum atomic E-state index is 6.83. The van der Waals surface area contributed by atoms with Gasteiger partial charge in [0.2, 0.25) is 0 Å². The summed E-state index contributed by atoms with van der Waals surface area (Å²) < 4.78 is 16.7. The van der Waals surface area contributed by atoms with Gasteiger partial charge in [-0.05, 0) is 33.7 Å². The van der Waals surface area contributed by atoms with Crippen LogP contribution in [0.1, 0.15) is 33.6 Å². The first-order chi connectivity index (χ1) is 10.3. The third-order valence-electron chi connectivity index (χ3n) is 3.08. The molecule has 0 aliphatic heterocycles. The van der Waals surface area contributed by atoms with Gasteiger partial charge in [-0.3, -0.25) is 0 Å². The van der Waals surface area contributed by atoms with Crippen LogP contribution < -0.4 is 17.2 Å². The lowest BCUT2D eigenvalue weighted by Gasteiger charge is -2.29. The molecule has 0 rings (SSSR count). The van der Waals surface area contributed by atoms with Crippen LogP contribution >= 0.6 is 0 Å². The first-order valence-electron chi connectivity index (χ1n) is 7.39. The number of rotatable bonds is 13. The quantitative estimate of drug-likeness (QED) is 0.227. The Balaban J connectivity index is 3.84. The van der Waals surface area contributed by atoms with E-state index in [9.17, 15) is 0 Å². The smallest absolute Gasteiger partial charge is 0.115 e. The Labute approximate surface area is 132 Å². The Hall–Kier alpha value is -1.06. The van der Waals surface area contributed by atoms with E-state index in [2.05, 4.69) is 5.11 Å². The fraction of sp³-hybridized carbons (Fsp3) is 0.857. The van der Waals surface area contributed by atoms with E-state index in [1.54, 1.807) is 0 Å². The van der Waals surface area contributed by atoms with Crippen molar-refractivity contribution in [1.82, 2.24) is 0 Å². The molecule has 0 fully saturated rings. The zero-order valence-corrected chi connectivity index (χ0v) is 13.9. The molecule has 1 atom stereocenters. The van der Waals surface area contributed by atoms with E-state index in [-0.39, 0.29) is 12.2 Å². The summed E-state index contributed by atoms with van der Waals surface area (Å²) in [6.45, 7) is 7.82. The van der Waals surface area contributed by atoms with Crippen molar-refractivity contribution in [1.29, 1.82) is 5.53 Å². The summed E-state index contributed by atoms with van der Waals surface area (Å²) in [5.41, 5.74) is 22.9. The van der Waals surface area contributed by atoms with Gasteiger partial charge in [0.25, 0.3) is 0 Å². The zero-order chi connectivity index (χ0) is 17.1. The Morgan fingerprint density at radius 3 is 2.36 bits per heavy atom. The van der Waals surface area contributed by atoms with E-state index in [4.69, 9.17) is 36.9 Å². The summed E-state index contributed by atoms with van der Waals surface area (Å²) in [4.78, 5) is 0. The molecule has 0 spiro atoms. The summed E-state index contributed by atoms with van der Waals surface area (Å²) in [5, 5.41) is 3.21. The Morgan fingerprint density at radius 1 is 1.14 bits per heavy atom. The summed E-state index contributed by atoms with van der Waals surface area (Å²) in [5.74, 6) is 0. The van der Waals surface area contributed by atoms with Gasteiger partial charge in [-0.25, -0.2) is 5.53 Å². The van der Waals surface area contributed by atoms with Crippen LogP contribution in [-0.2, 0) is 14.2 Å². The van der Waals surface area contributed by atoms with E-state index in [0.29, 0.717) is 44.9 Å². The monoisotopic (exact) mass is 317 g/mol. The molecule has 0 bridgehead atoms. The zero-order valence-electron chi connectivity index (χ0n) is 13.9. The van der Waals surface area contributed by atoms with Gasteiger partial charge in [0.1, 0.15) is 11.4 Å². The predicted octanol–water partition coefficient (Wildman–Crippen LogP) is 1.06. The highest BCUT2D eigenvalue weighted by Gasteiger charge is 2.22. The van der Waals surface area contributed by atoms with Crippen LogP contribution in [0, 0.1) is 5.53 Å². The minimum atomic E-state index is -0.696. The van der Waals surface area contributed by atoms with Crippen LogP contribution in [0.5, 0.6) is 0 Å². The first kappa shape index (κ1) is 20.9. The molecule has 0 aliphatic carbocycles. The van der Waals surface area contributed by atoms with E-state index in [1.807, 2.05) is 20.8 Å². The fourth-order valence-electron chi connectivity index (χ4n) is 1.63. The minimum Gasteiger partial charge on any atom is -0.403 e. The lowest BCUT2D eigenvalue weighted by atomic mass is 10.1. The van der Waals surface area contributed by atoms with Gasteiger partial charge in [0.15, 0.2) is 0 Å². The van der Waals surface area contributed by atoms with Crippen molar-refractivity contribution in [2.45, 2.75) is 44.9 Å². The highest BCUT2D eigenvalue weighted by Crippen LogP contribution is 2.16. The summed E-state index contributed by atoms with van der Waals surface area (Å²) in [7, 11) is 0. The molecule has 0 aromatic rings. The van der Waals surface area contributed by atoms with E-state index < -0.39 is 5.72 Å². The first-order valence-corrected chi connectivity index (χ1v) is 7.39. The summed E-state index contributed by atoms with van der Waals surface area (Å²) in [6.07, 6.45) is 2.57. The second kappa shape index (κ2) is 10.6. The molecule has 0 aromatic heterocycles. The third-order valence-corrected chi connectivity index (χ3v) is 3.08. The van der Waals surface area contributed by atoms with Crippen LogP contribution in [0.15, 0.2) is 17.0 Å². The number of nitrogens with zero attached hydrogens (tertiary/aromatic N) is 1. The lowest BCUT2D eigenvalue weighted by Crippen LogP contribution is -2.42.